The van der Waals surface area contributed by atoms with Crippen LogP contribution in [-0.2, 0) is 21.2 Å². The van der Waals surface area contributed by atoms with Crippen molar-refractivity contribution in [2.75, 3.05) is 11.1 Å². The standard InChI is InChI=1S/C22H20ClNO4S/c23-18-6-12-21(13-7-18)29(26,27)15-14-22(25)24-19-8-10-20(11-9-19)28-16-17-4-2-1-3-5-17/h1-13H,14-16H2,(H,24,25). The molecule has 0 unspecified atom stereocenters. The zero-order valence-electron chi connectivity index (χ0n) is 15.5. The van der Waals surface area contributed by atoms with Gasteiger partial charge in [-0.2, -0.15) is 0 Å². The highest BCUT2D eigenvalue weighted by atomic mass is 35.5. The van der Waals surface area contributed by atoms with Gasteiger partial charge < -0.3 is 10.1 Å². The van der Waals surface area contributed by atoms with Crippen molar-refractivity contribution in [3.05, 3.63) is 89.4 Å². The summed E-state index contributed by atoms with van der Waals surface area (Å²) in [5.41, 5.74) is 1.64. The van der Waals surface area contributed by atoms with Gasteiger partial charge in [0, 0.05) is 17.1 Å². The first kappa shape index (κ1) is 20.9. The molecular formula is C22H20ClNO4S. The van der Waals surface area contributed by atoms with Gasteiger partial charge in [0.25, 0.3) is 0 Å². The fourth-order valence-electron chi connectivity index (χ4n) is 2.59. The molecule has 3 aromatic rings. The minimum atomic E-state index is -3.54. The van der Waals surface area contributed by atoms with Gasteiger partial charge in [0.05, 0.1) is 10.6 Å². The van der Waals surface area contributed by atoms with Crippen LogP contribution in [0.15, 0.2) is 83.8 Å². The number of rotatable bonds is 8. The molecule has 0 aliphatic heterocycles. The Balaban J connectivity index is 1.49. The third kappa shape index (κ3) is 6.34. The minimum Gasteiger partial charge on any atom is -0.489 e. The van der Waals surface area contributed by atoms with Gasteiger partial charge in [-0.25, -0.2) is 8.42 Å². The van der Waals surface area contributed by atoms with Crippen LogP contribution in [0, 0.1) is 0 Å². The van der Waals surface area contributed by atoms with E-state index in [4.69, 9.17) is 16.3 Å². The third-order valence-electron chi connectivity index (χ3n) is 4.16. The van der Waals surface area contributed by atoms with E-state index >= 15 is 0 Å². The Bertz CT molecular complexity index is 1050. The Morgan fingerprint density at radius 1 is 0.897 bits per heavy atom. The molecule has 0 aliphatic carbocycles. The number of hydrogen-bond donors (Lipinski definition) is 1. The zero-order valence-corrected chi connectivity index (χ0v) is 17.1. The van der Waals surface area contributed by atoms with Crippen LogP contribution in [0.3, 0.4) is 0 Å². The average Bonchev–Trinajstić information content (AvgIpc) is 2.73. The zero-order chi connectivity index (χ0) is 20.7. The molecule has 0 heterocycles. The minimum absolute atomic E-state index is 0.142. The van der Waals surface area contributed by atoms with Gasteiger partial charge in [0.2, 0.25) is 5.91 Å². The first-order chi connectivity index (χ1) is 13.9. The molecule has 0 spiro atoms. The van der Waals surface area contributed by atoms with Crippen LogP contribution in [0.1, 0.15) is 12.0 Å². The topological polar surface area (TPSA) is 72.5 Å². The maximum Gasteiger partial charge on any atom is 0.225 e. The van der Waals surface area contributed by atoms with Gasteiger partial charge in [-0.05, 0) is 54.1 Å². The number of carbonyl (C=O) groups excluding carboxylic acids is 1. The molecule has 29 heavy (non-hydrogen) atoms. The summed E-state index contributed by atoms with van der Waals surface area (Å²) in [6.07, 6.45) is -0.142. The van der Waals surface area contributed by atoms with Gasteiger partial charge in [0.15, 0.2) is 9.84 Å². The summed E-state index contributed by atoms with van der Waals surface area (Å²) < 4.78 is 30.3. The third-order valence-corrected chi connectivity index (χ3v) is 6.14. The molecule has 0 aliphatic rings. The summed E-state index contributed by atoms with van der Waals surface area (Å²) in [5.74, 6) is 0.0244. The number of halogens is 1. The number of nitrogens with one attached hydrogen (secondary N) is 1. The lowest BCUT2D eigenvalue weighted by Crippen LogP contribution is -2.17. The Morgan fingerprint density at radius 2 is 1.55 bits per heavy atom. The molecule has 0 atom stereocenters. The number of benzene rings is 3. The van der Waals surface area contributed by atoms with Gasteiger partial charge in [-0.1, -0.05) is 41.9 Å². The van der Waals surface area contributed by atoms with Crippen LogP contribution in [0.4, 0.5) is 5.69 Å². The number of anilines is 1. The highest BCUT2D eigenvalue weighted by Crippen LogP contribution is 2.19. The Morgan fingerprint density at radius 3 is 2.21 bits per heavy atom. The number of sulfone groups is 1. The highest BCUT2D eigenvalue weighted by molar-refractivity contribution is 7.91. The van der Waals surface area contributed by atoms with Crippen molar-refractivity contribution >= 4 is 33.0 Å². The molecule has 0 radical (unpaired) electrons. The summed E-state index contributed by atoms with van der Waals surface area (Å²) in [7, 11) is -3.54. The molecule has 1 N–H and O–H groups in total. The molecule has 0 bridgehead atoms. The molecule has 150 valence electrons. The Hall–Kier alpha value is -2.83. The van der Waals surface area contributed by atoms with Crippen LogP contribution in [0.25, 0.3) is 0 Å². The summed E-state index contributed by atoms with van der Waals surface area (Å²) >= 11 is 5.77. The Labute approximate surface area is 175 Å². The molecule has 0 aromatic heterocycles. The van der Waals surface area contributed by atoms with Crippen molar-refractivity contribution in [1.29, 1.82) is 0 Å². The quantitative estimate of drug-likeness (QED) is 0.562. The maximum absolute atomic E-state index is 12.3. The lowest BCUT2D eigenvalue weighted by Gasteiger charge is -2.09. The first-order valence-electron chi connectivity index (χ1n) is 8.97. The fraction of sp³-hybridized carbons (Fsp3) is 0.136. The average molecular weight is 430 g/mol. The molecule has 3 aromatic carbocycles. The van der Waals surface area contributed by atoms with E-state index in [1.807, 2.05) is 30.3 Å². The second kappa shape index (κ2) is 9.58. The van der Waals surface area contributed by atoms with Crippen LogP contribution < -0.4 is 10.1 Å². The number of carbonyl (C=O) groups is 1. The van der Waals surface area contributed by atoms with Crippen molar-refractivity contribution in [2.24, 2.45) is 0 Å². The number of amides is 1. The van der Waals surface area contributed by atoms with Gasteiger partial charge in [0.1, 0.15) is 12.4 Å². The van der Waals surface area contributed by atoms with E-state index in [1.54, 1.807) is 24.3 Å². The molecule has 0 fully saturated rings. The van der Waals surface area contributed by atoms with Gasteiger partial charge in [-0.15, -0.1) is 0 Å². The molecule has 0 saturated heterocycles. The molecular weight excluding hydrogens is 410 g/mol. The second-order valence-corrected chi connectivity index (χ2v) is 8.92. The summed E-state index contributed by atoms with van der Waals surface area (Å²) in [4.78, 5) is 12.3. The summed E-state index contributed by atoms with van der Waals surface area (Å²) in [6, 6.07) is 22.6. The van der Waals surface area contributed by atoms with E-state index in [2.05, 4.69) is 5.32 Å². The van der Waals surface area contributed by atoms with Crippen LogP contribution in [-0.4, -0.2) is 20.1 Å². The summed E-state index contributed by atoms with van der Waals surface area (Å²) in [6.45, 7) is 0.453. The number of hydrogen-bond acceptors (Lipinski definition) is 4. The fourth-order valence-corrected chi connectivity index (χ4v) is 3.95. The smallest absolute Gasteiger partial charge is 0.225 e. The van der Waals surface area contributed by atoms with Gasteiger partial charge in [-0.3, -0.25) is 4.79 Å². The predicted molar refractivity (Wildman–Crippen MR) is 114 cm³/mol. The highest BCUT2D eigenvalue weighted by Gasteiger charge is 2.16. The molecule has 1 amide bonds. The van der Waals surface area contributed by atoms with Crippen LogP contribution in [0.2, 0.25) is 5.02 Å². The van der Waals surface area contributed by atoms with Crippen molar-refractivity contribution < 1.29 is 17.9 Å². The van der Waals surface area contributed by atoms with E-state index in [1.165, 1.54) is 24.3 Å². The first-order valence-corrected chi connectivity index (χ1v) is 11.0. The van der Waals surface area contributed by atoms with Crippen LogP contribution >= 0.6 is 11.6 Å². The second-order valence-electron chi connectivity index (χ2n) is 6.37. The monoisotopic (exact) mass is 429 g/mol. The van der Waals surface area contributed by atoms with Gasteiger partial charge >= 0.3 is 0 Å². The van der Waals surface area contributed by atoms with E-state index in [-0.39, 0.29) is 23.0 Å². The largest absolute Gasteiger partial charge is 0.489 e. The van der Waals surface area contributed by atoms with E-state index in [0.29, 0.717) is 23.1 Å². The van der Waals surface area contributed by atoms with Crippen molar-refractivity contribution in [2.45, 2.75) is 17.9 Å². The van der Waals surface area contributed by atoms with Crippen molar-refractivity contribution in [1.82, 2.24) is 0 Å². The van der Waals surface area contributed by atoms with E-state index in [9.17, 15) is 13.2 Å². The van der Waals surface area contributed by atoms with Crippen molar-refractivity contribution in [3.8, 4) is 5.75 Å². The SMILES string of the molecule is O=C(CCS(=O)(=O)c1ccc(Cl)cc1)Nc1ccc(OCc2ccccc2)cc1. The lowest BCUT2D eigenvalue weighted by molar-refractivity contribution is -0.115. The molecule has 3 rings (SSSR count). The molecule has 7 heteroatoms. The van der Waals surface area contributed by atoms with E-state index in [0.717, 1.165) is 5.56 Å². The normalized spacial score (nSPS) is 11.1. The van der Waals surface area contributed by atoms with E-state index < -0.39 is 9.84 Å². The van der Waals surface area contributed by atoms with Crippen LogP contribution in [0.5, 0.6) is 5.75 Å². The molecule has 5 nitrogen and oxygen atoms in total. The predicted octanol–water partition coefficient (Wildman–Crippen LogP) is 4.72. The maximum atomic E-state index is 12.3. The summed E-state index contributed by atoms with van der Waals surface area (Å²) in [5, 5.41) is 3.15. The van der Waals surface area contributed by atoms with Crippen molar-refractivity contribution in [3.63, 3.8) is 0 Å². The molecule has 0 saturated carbocycles. The Kier molecular flexibility index (Phi) is 6.90. The number of ether oxygens (including phenoxy) is 1. The lowest BCUT2D eigenvalue weighted by atomic mass is 10.2.